The molecule has 0 spiro atoms. The second kappa shape index (κ2) is 11.3. The number of halogens is 2. The maximum absolute atomic E-state index is 13.1. The Kier molecular flexibility index (Phi) is 7.69. The molecule has 178 valence electrons. The molecule has 3 nitrogen and oxygen atoms in total. The van der Waals surface area contributed by atoms with Crippen LogP contribution in [0.3, 0.4) is 0 Å². The molecule has 1 saturated carbocycles. The van der Waals surface area contributed by atoms with E-state index in [4.69, 9.17) is 9.72 Å². The SMILES string of the molecule is Fc1ccc(COc2ccc(C=Nc3nc(-c4ccc(C5CCCCC5)cc4)cs3)cc2Br)cc1. The van der Waals surface area contributed by atoms with Gasteiger partial charge in [0.25, 0.3) is 0 Å². The van der Waals surface area contributed by atoms with Gasteiger partial charge in [-0.15, -0.1) is 11.3 Å². The molecule has 35 heavy (non-hydrogen) atoms. The van der Waals surface area contributed by atoms with E-state index in [0.29, 0.717) is 12.5 Å². The maximum Gasteiger partial charge on any atom is 0.209 e. The number of nitrogens with zero attached hydrogens (tertiary/aromatic N) is 2. The largest absolute Gasteiger partial charge is 0.488 e. The monoisotopic (exact) mass is 548 g/mol. The van der Waals surface area contributed by atoms with Gasteiger partial charge in [-0.1, -0.05) is 55.7 Å². The van der Waals surface area contributed by atoms with Crippen molar-refractivity contribution in [2.24, 2.45) is 4.99 Å². The molecule has 4 aromatic rings. The summed E-state index contributed by atoms with van der Waals surface area (Å²) in [6, 6.07) is 21.0. The van der Waals surface area contributed by atoms with Gasteiger partial charge in [0.15, 0.2) is 0 Å². The minimum absolute atomic E-state index is 0.251. The molecule has 0 atom stereocenters. The zero-order valence-electron chi connectivity index (χ0n) is 19.3. The minimum Gasteiger partial charge on any atom is -0.488 e. The van der Waals surface area contributed by atoms with Crippen LogP contribution in [0.25, 0.3) is 11.3 Å². The van der Waals surface area contributed by atoms with Gasteiger partial charge < -0.3 is 4.74 Å². The van der Waals surface area contributed by atoms with E-state index in [1.807, 2.05) is 24.4 Å². The fraction of sp³-hybridized carbons (Fsp3) is 0.241. The van der Waals surface area contributed by atoms with Gasteiger partial charge in [-0.3, -0.25) is 0 Å². The van der Waals surface area contributed by atoms with Gasteiger partial charge in [0, 0.05) is 17.2 Å². The van der Waals surface area contributed by atoms with E-state index in [-0.39, 0.29) is 5.82 Å². The predicted molar refractivity (Wildman–Crippen MR) is 146 cm³/mol. The summed E-state index contributed by atoms with van der Waals surface area (Å²) < 4.78 is 19.7. The van der Waals surface area contributed by atoms with E-state index < -0.39 is 0 Å². The zero-order chi connectivity index (χ0) is 24.0. The van der Waals surface area contributed by atoms with Gasteiger partial charge in [0.1, 0.15) is 18.2 Å². The molecule has 0 saturated heterocycles. The highest BCUT2D eigenvalue weighted by Gasteiger charge is 2.15. The van der Waals surface area contributed by atoms with Crippen LogP contribution < -0.4 is 4.74 Å². The lowest BCUT2D eigenvalue weighted by Crippen LogP contribution is -2.04. The minimum atomic E-state index is -0.251. The Hall–Kier alpha value is -2.83. The second-order valence-corrected chi connectivity index (χ2v) is 10.5. The number of ether oxygens (including phenoxy) is 1. The van der Waals surface area contributed by atoms with Crippen molar-refractivity contribution in [1.29, 1.82) is 0 Å². The highest BCUT2D eigenvalue weighted by atomic mass is 79.9. The number of benzene rings is 3. The van der Waals surface area contributed by atoms with Crippen LogP contribution in [0.5, 0.6) is 5.75 Å². The Morgan fingerprint density at radius 2 is 1.77 bits per heavy atom. The van der Waals surface area contributed by atoms with Gasteiger partial charge in [-0.05, 0) is 81.7 Å². The van der Waals surface area contributed by atoms with Crippen LogP contribution >= 0.6 is 27.3 Å². The summed E-state index contributed by atoms with van der Waals surface area (Å²) in [6.45, 7) is 0.371. The number of rotatable bonds is 7. The van der Waals surface area contributed by atoms with E-state index >= 15 is 0 Å². The fourth-order valence-electron chi connectivity index (χ4n) is 4.40. The predicted octanol–water partition coefficient (Wildman–Crippen LogP) is 9.09. The summed E-state index contributed by atoms with van der Waals surface area (Å²) in [4.78, 5) is 9.28. The lowest BCUT2D eigenvalue weighted by atomic mass is 9.84. The first-order valence-corrected chi connectivity index (χ1v) is 13.6. The first kappa shape index (κ1) is 23.9. The Morgan fingerprint density at radius 3 is 2.51 bits per heavy atom. The third-order valence-electron chi connectivity index (χ3n) is 6.36. The molecule has 0 bridgehead atoms. The Labute approximate surface area is 217 Å². The molecule has 0 radical (unpaired) electrons. The van der Waals surface area contributed by atoms with Crippen LogP contribution in [0.4, 0.5) is 9.52 Å². The van der Waals surface area contributed by atoms with Crippen molar-refractivity contribution < 1.29 is 9.13 Å². The van der Waals surface area contributed by atoms with Crippen LogP contribution in [-0.2, 0) is 6.61 Å². The second-order valence-electron chi connectivity index (χ2n) is 8.84. The molecule has 6 heteroatoms. The van der Waals surface area contributed by atoms with Crippen LogP contribution in [0.15, 0.2) is 81.6 Å². The van der Waals surface area contributed by atoms with Crippen LogP contribution in [-0.4, -0.2) is 11.2 Å². The van der Waals surface area contributed by atoms with E-state index in [0.717, 1.165) is 37.7 Å². The summed E-state index contributed by atoms with van der Waals surface area (Å²) in [5.74, 6) is 1.19. The molecule has 0 amide bonds. The number of aromatic nitrogens is 1. The topological polar surface area (TPSA) is 34.5 Å². The summed E-state index contributed by atoms with van der Waals surface area (Å²) >= 11 is 5.11. The summed E-state index contributed by atoms with van der Waals surface area (Å²) in [7, 11) is 0. The summed E-state index contributed by atoms with van der Waals surface area (Å²) in [6.07, 6.45) is 8.51. The van der Waals surface area contributed by atoms with Gasteiger partial charge >= 0.3 is 0 Å². The molecular formula is C29H26BrFN2OS. The molecular weight excluding hydrogens is 523 g/mol. The number of hydrogen-bond donors (Lipinski definition) is 0. The Morgan fingerprint density at radius 1 is 1.00 bits per heavy atom. The molecule has 0 unspecified atom stereocenters. The molecule has 1 aliphatic carbocycles. The smallest absolute Gasteiger partial charge is 0.209 e. The third kappa shape index (κ3) is 6.24. The average Bonchev–Trinajstić information content (AvgIpc) is 3.38. The fourth-order valence-corrected chi connectivity index (χ4v) is 5.59. The van der Waals surface area contributed by atoms with Gasteiger partial charge in [0.05, 0.1) is 10.2 Å². The quantitative estimate of drug-likeness (QED) is 0.216. The molecule has 0 aliphatic heterocycles. The van der Waals surface area contributed by atoms with E-state index in [2.05, 4.69) is 50.6 Å². The zero-order valence-corrected chi connectivity index (χ0v) is 21.7. The first-order chi connectivity index (χ1) is 17.1. The highest BCUT2D eigenvalue weighted by molar-refractivity contribution is 9.10. The van der Waals surface area contributed by atoms with Crippen molar-refractivity contribution in [2.45, 2.75) is 44.6 Å². The molecule has 0 N–H and O–H groups in total. The lowest BCUT2D eigenvalue weighted by molar-refractivity contribution is 0.304. The van der Waals surface area contributed by atoms with Gasteiger partial charge in [-0.2, -0.15) is 0 Å². The standard InChI is InChI=1S/C29H26BrFN2OS/c30-26-16-21(8-15-28(26)34-18-20-6-13-25(31)14-7-20)17-32-29-33-27(19-35-29)24-11-9-23(10-12-24)22-4-2-1-3-5-22/h6-17,19,22H,1-5,18H2. The highest BCUT2D eigenvalue weighted by Crippen LogP contribution is 2.34. The van der Waals surface area contributed by atoms with Crippen molar-refractivity contribution in [3.8, 4) is 17.0 Å². The molecule has 3 aromatic carbocycles. The molecule has 1 aliphatic rings. The van der Waals surface area contributed by atoms with E-state index in [9.17, 15) is 4.39 Å². The van der Waals surface area contributed by atoms with Crippen molar-refractivity contribution in [1.82, 2.24) is 4.98 Å². The van der Waals surface area contributed by atoms with Crippen molar-refractivity contribution in [3.63, 3.8) is 0 Å². The van der Waals surface area contributed by atoms with Crippen molar-refractivity contribution in [2.75, 3.05) is 0 Å². The van der Waals surface area contributed by atoms with Crippen LogP contribution in [0, 0.1) is 5.82 Å². The summed E-state index contributed by atoms with van der Waals surface area (Å²) in [5, 5.41) is 2.79. The molecule has 5 rings (SSSR count). The Balaban J connectivity index is 1.20. The van der Waals surface area contributed by atoms with Crippen LogP contribution in [0.2, 0.25) is 0 Å². The number of hydrogen-bond acceptors (Lipinski definition) is 4. The van der Waals surface area contributed by atoms with E-state index in [1.165, 1.54) is 61.1 Å². The first-order valence-electron chi connectivity index (χ1n) is 11.9. The average molecular weight is 550 g/mol. The molecule has 1 aromatic heterocycles. The Bertz CT molecular complexity index is 1300. The number of aliphatic imine (C=N–C) groups is 1. The number of thiazole rings is 1. The van der Waals surface area contributed by atoms with Crippen LogP contribution in [0.1, 0.15) is 54.7 Å². The maximum atomic E-state index is 13.1. The third-order valence-corrected chi connectivity index (χ3v) is 7.73. The van der Waals surface area contributed by atoms with Crippen molar-refractivity contribution in [3.05, 3.63) is 99.1 Å². The molecule has 1 fully saturated rings. The lowest BCUT2D eigenvalue weighted by Gasteiger charge is -2.22. The van der Waals surface area contributed by atoms with Gasteiger partial charge in [-0.25, -0.2) is 14.4 Å². The summed E-state index contributed by atoms with van der Waals surface area (Å²) in [5.41, 5.74) is 5.40. The van der Waals surface area contributed by atoms with Gasteiger partial charge in [0.2, 0.25) is 5.13 Å². The van der Waals surface area contributed by atoms with Crippen molar-refractivity contribution >= 4 is 38.6 Å². The molecule has 1 heterocycles. The van der Waals surface area contributed by atoms with E-state index in [1.54, 1.807) is 12.1 Å². The normalized spacial score (nSPS) is 14.5.